The Hall–Kier alpha value is -3.35. The van der Waals surface area contributed by atoms with E-state index in [1.165, 1.54) is 10.9 Å². The number of fused-ring (bicyclic) bond motifs is 1. The third kappa shape index (κ3) is 3.51. The zero-order valence-electron chi connectivity index (χ0n) is 14.7. The van der Waals surface area contributed by atoms with E-state index < -0.39 is 0 Å². The van der Waals surface area contributed by atoms with Crippen molar-refractivity contribution in [1.82, 2.24) is 20.1 Å². The van der Waals surface area contributed by atoms with Crippen LogP contribution in [0.15, 0.2) is 47.1 Å². The Labute approximate surface area is 150 Å². The van der Waals surface area contributed by atoms with E-state index in [1.54, 1.807) is 6.07 Å². The van der Waals surface area contributed by atoms with Gasteiger partial charge in [0.2, 0.25) is 5.95 Å². The van der Waals surface area contributed by atoms with E-state index in [0.717, 1.165) is 35.8 Å². The summed E-state index contributed by atoms with van der Waals surface area (Å²) >= 11 is 0. The highest BCUT2D eigenvalue weighted by Crippen LogP contribution is 2.19. The molecule has 7 nitrogen and oxygen atoms in total. The van der Waals surface area contributed by atoms with Gasteiger partial charge in [-0.05, 0) is 31.9 Å². The van der Waals surface area contributed by atoms with Crippen LogP contribution in [0.25, 0.3) is 10.9 Å². The summed E-state index contributed by atoms with van der Waals surface area (Å²) in [7, 11) is 0. The Bertz CT molecular complexity index is 1040. The summed E-state index contributed by atoms with van der Waals surface area (Å²) in [6, 6.07) is 12.0. The normalized spacial score (nSPS) is 11.0. The molecule has 0 saturated carbocycles. The van der Waals surface area contributed by atoms with Gasteiger partial charge < -0.3 is 20.1 Å². The predicted octanol–water partition coefficient (Wildman–Crippen LogP) is 3.96. The third-order valence-corrected chi connectivity index (χ3v) is 4.10. The van der Waals surface area contributed by atoms with Crippen molar-refractivity contribution < 1.29 is 4.52 Å². The van der Waals surface area contributed by atoms with Crippen molar-refractivity contribution in [3.63, 3.8) is 0 Å². The van der Waals surface area contributed by atoms with Crippen LogP contribution in [-0.2, 0) is 6.42 Å². The van der Waals surface area contributed by atoms with E-state index in [0.29, 0.717) is 11.8 Å². The zero-order chi connectivity index (χ0) is 17.9. The van der Waals surface area contributed by atoms with Crippen LogP contribution in [0.3, 0.4) is 0 Å². The Morgan fingerprint density at radius 2 is 1.96 bits per heavy atom. The molecular weight excluding hydrogens is 328 g/mol. The van der Waals surface area contributed by atoms with Gasteiger partial charge in [-0.3, -0.25) is 0 Å². The minimum absolute atomic E-state index is 0.493. The van der Waals surface area contributed by atoms with E-state index in [4.69, 9.17) is 4.52 Å². The van der Waals surface area contributed by atoms with Gasteiger partial charge in [-0.1, -0.05) is 23.4 Å². The molecule has 0 amide bonds. The molecule has 4 aromatic rings. The van der Waals surface area contributed by atoms with E-state index in [9.17, 15) is 0 Å². The summed E-state index contributed by atoms with van der Waals surface area (Å²) in [6.07, 6.45) is 2.97. The highest BCUT2D eigenvalue weighted by atomic mass is 16.5. The van der Waals surface area contributed by atoms with Crippen LogP contribution in [0, 0.1) is 13.8 Å². The van der Waals surface area contributed by atoms with E-state index in [-0.39, 0.29) is 0 Å². The van der Waals surface area contributed by atoms with Crippen LogP contribution in [0.4, 0.5) is 17.6 Å². The number of aryl methyl sites for hydroxylation is 2. The highest BCUT2D eigenvalue weighted by Gasteiger charge is 2.07. The Morgan fingerprint density at radius 3 is 2.81 bits per heavy atom. The summed E-state index contributed by atoms with van der Waals surface area (Å²) in [4.78, 5) is 12.2. The molecule has 0 radical (unpaired) electrons. The average molecular weight is 348 g/mol. The fraction of sp³-hybridized carbons (Fsp3) is 0.211. The third-order valence-electron chi connectivity index (χ3n) is 4.10. The number of benzene rings is 1. The molecule has 0 aliphatic rings. The number of aromatic amines is 1. The first-order chi connectivity index (χ1) is 12.7. The molecule has 0 spiro atoms. The van der Waals surface area contributed by atoms with Gasteiger partial charge in [0.15, 0.2) is 5.82 Å². The maximum atomic E-state index is 5.05. The standard InChI is InChI=1S/C19H20N6O/c1-12-9-17(23-19(22-12)24-18-10-13(2)26-25-18)20-8-7-14-11-21-16-6-4-3-5-15(14)16/h3-6,9-11,21H,7-8H2,1-2H3,(H2,20,22,23,24,25). The van der Waals surface area contributed by atoms with Gasteiger partial charge in [0.25, 0.3) is 0 Å². The van der Waals surface area contributed by atoms with Crippen molar-refractivity contribution in [2.75, 3.05) is 17.2 Å². The molecule has 7 heteroatoms. The van der Waals surface area contributed by atoms with Gasteiger partial charge in [0.05, 0.1) is 0 Å². The lowest BCUT2D eigenvalue weighted by atomic mass is 10.1. The molecule has 3 heterocycles. The number of anilines is 3. The summed E-state index contributed by atoms with van der Waals surface area (Å²) in [6.45, 7) is 4.56. The lowest BCUT2D eigenvalue weighted by molar-refractivity contribution is 0.400. The number of para-hydroxylation sites is 1. The first kappa shape index (κ1) is 16.1. The average Bonchev–Trinajstić information content (AvgIpc) is 3.21. The van der Waals surface area contributed by atoms with Crippen molar-refractivity contribution in [3.8, 4) is 0 Å². The van der Waals surface area contributed by atoms with Crippen LogP contribution in [-0.4, -0.2) is 26.7 Å². The van der Waals surface area contributed by atoms with Crippen LogP contribution in [0.5, 0.6) is 0 Å². The SMILES string of the molecule is Cc1cc(NCCc2c[nH]c3ccccc23)nc(Nc2cc(C)on2)n1. The lowest BCUT2D eigenvalue weighted by Gasteiger charge is -2.08. The molecular formula is C19H20N6O. The number of H-pyrrole nitrogens is 1. The molecule has 1 aromatic carbocycles. The van der Waals surface area contributed by atoms with Gasteiger partial charge >= 0.3 is 0 Å². The number of nitrogens with zero attached hydrogens (tertiary/aromatic N) is 3. The quantitative estimate of drug-likeness (QED) is 0.488. The molecule has 0 saturated heterocycles. The van der Waals surface area contributed by atoms with E-state index in [2.05, 4.69) is 55.1 Å². The minimum Gasteiger partial charge on any atom is -0.370 e. The summed E-state index contributed by atoms with van der Waals surface area (Å²) < 4.78 is 5.05. The number of hydrogen-bond acceptors (Lipinski definition) is 6. The molecule has 0 fully saturated rings. The van der Waals surface area contributed by atoms with Crippen molar-refractivity contribution in [2.45, 2.75) is 20.3 Å². The topological polar surface area (TPSA) is 91.7 Å². The van der Waals surface area contributed by atoms with Crippen LogP contribution < -0.4 is 10.6 Å². The molecule has 26 heavy (non-hydrogen) atoms. The monoisotopic (exact) mass is 348 g/mol. The first-order valence-corrected chi connectivity index (χ1v) is 8.52. The molecule has 3 N–H and O–H groups in total. The molecule has 0 bridgehead atoms. The smallest absolute Gasteiger partial charge is 0.230 e. The fourth-order valence-corrected chi connectivity index (χ4v) is 2.92. The first-order valence-electron chi connectivity index (χ1n) is 8.52. The van der Waals surface area contributed by atoms with Gasteiger partial charge in [0.1, 0.15) is 11.6 Å². The zero-order valence-corrected chi connectivity index (χ0v) is 14.7. The minimum atomic E-state index is 0.493. The maximum Gasteiger partial charge on any atom is 0.230 e. The second kappa shape index (κ2) is 6.87. The molecule has 0 unspecified atom stereocenters. The summed E-state index contributed by atoms with van der Waals surface area (Å²) in [5.41, 5.74) is 3.32. The second-order valence-corrected chi connectivity index (χ2v) is 6.20. The van der Waals surface area contributed by atoms with Crippen molar-refractivity contribution in [2.24, 2.45) is 0 Å². The van der Waals surface area contributed by atoms with Gasteiger partial charge in [-0.2, -0.15) is 4.98 Å². The molecule has 132 valence electrons. The molecule has 3 aromatic heterocycles. The van der Waals surface area contributed by atoms with Gasteiger partial charge in [-0.25, -0.2) is 4.98 Å². The molecule has 4 rings (SSSR count). The Balaban J connectivity index is 1.43. The van der Waals surface area contributed by atoms with Crippen LogP contribution >= 0.6 is 0 Å². The molecule has 0 aliphatic heterocycles. The van der Waals surface area contributed by atoms with Crippen molar-refractivity contribution >= 4 is 28.5 Å². The number of rotatable bonds is 6. The Morgan fingerprint density at radius 1 is 1.08 bits per heavy atom. The molecule has 0 atom stereocenters. The summed E-state index contributed by atoms with van der Waals surface area (Å²) in [5, 5.41) is 11.6. The Kier molecular flexibility index (Phi) is 4.27. The maximum absolute atomic E-state index is 5.05. The van der Waals surface area contributed by atoms with Gasteiger partial charge in [0, 0.05) is 41.5 Å². The van der Waals surface area contributed by atoms with E-state index >= 15 is 0 Å². The molecule has 0 aliphatic carbocycles. The highest BCUT2D eigenvalue weighted by molar-refractivity contribution is 5.83. The second-order valence-electron chi connectivity index (χ2n) is 6.20. The lowest BCUT2D eigenvalue weighted by Crippen LogP contribution is -2.08. The largest absolute Gasteiger partial charge is 0.370 e. The number of hydrogen-bond donors (Lipinski definition) is 3. The summed E-state index contributed by atoms with van der Waals surface area (Å²) in [5.74, 6) is 2.60. The van der Waals surface area contributed by atoms with Crippen molar-refractivity contribution in [1.29, 1.82) is 0 Å². The predicted molar refractivity (Wildman–Crippen MR) is 102 cm³/mol. The van der Waals surface area contributed by atoms with Gasteiger partial charge in [-0.15, -0.1) is 0 Å². The number of nitrogens with one attached hydrogen (secondary N) is 3. The van der Waals surface area contributed by atoms with E-state index in [1.807, 2.05) is 26.0 Å². The fourth-order valence-electron chi connectivity index (χ4n) is 2.92. The van der Waals surface area contributed by atoms with Crippen LogP contribution in [0.1, 0.15) is 17.0 Å². The number of aromatic nitrogens is 4. The van der Waals surface area contributed by atoms with Crippen LogP contribution in [0.2, 0.25) is 0 Å². The van der Waals surface area contributed by atoms with Crippen molar-refractivity contribution in [3.05, 3.63) is 59.6 Å².